The summed E-state index contributed by atoms with van der Waals surface area (Å²) in [5.41, 5.74) is 7.67. The predicted molar refractivity (Wildman–Crippen MR) is 92.1 cm³/mol. The average molecular weight is 315 g/mol. The van der Waals surface area contributed by atoms with Gasteiger partial charge in [0.2, 0.25) is 5.95 Å². The van der Waals surface area contributed by atoms with Crippen LogP contribution in [0.25, 0.3) is 0 Å². The van der Waals surface area contributed by atoms with Crippen molar-refractivity contribution in [2.45, 2.75) is 45.1 Å². The van der Waals surface area contributed by atoms with Crippen LogP contribution in [0, 0.1) is 0 Å². The van der Waals surface area contributed by atoms with E-state index in [-0.39, 0.29) is 0 Å². The first kappa shape index (κ1) is 15.7. The fourth-order valence-electron chi connectivity index (χ4n) is 2.41. The normalized spacial score (nSPS) is 14.3. The fourth-order valence-corrected chi connectivity index (χ4v) is 2.41. The maximum Gasteiger partial charge on any atom is 0.229 e. The van der Waals surface area contributed by atoms with Crippen LogP contribution in [0.4, 0.5) is 17.5 Å². The molecule has 0 radical (unpaired) electrons. The lowest BCUT2D eigenvalue weighted by atomic mass is 10.2. The summed E-state index contributed by atoms with van der Waals surface area (Å²) < 4.78 is 1.90. The smallest absolute Gasteiger partial charge is 0.229 e. The van der Waals surface area contributed by atoms with E-state index in [1.54, 1.807) is 6.20 Å². The molecule has 7 nitrogen and oxygen atoms in total. The molecule has 1 aliphatic rings. The Hall–Kier alpha value is -2.15. The molecule has 0 aromatic carbocycles. The predicted octanol–water partition coefficient (Wildman–Crippen LogP) is 2.64. The molecule has 0 spiro atoms. The molecule has 0 amide bonds. The molecule has 0 bridgehead atoms. The van der Waals surface area contributed by atoms with E-state index >= 15 is 0 Å². The Morgan fingerprint density at radius 2 is 2.17 bits per heavy atom. The summed E-state index contributed by atoms with van der Waals surface area (Å²) in [6.07, 6.45) is 9.07. The molecule has 2 aromatic rings. The van der Waals surface area contributed by atoms with E-state index in [1.165, 1.54) is 18.4 Å². The molecule has 23 heavy (non-hydrogen) atoms. The Kier molecular flexibility index (Phi) is 4.76. The first-order valence-corrected chi connectivity index (χ1v) is 8.29. The van der Waals surface area contributed by atoms with E-state index in [2.05, 4.69) is 39.5 Å². The molecule has 0 aliphatic heterocycles. The molecular weight excluding hydrogens is 290 g/mol. The first-order chi connectivity index (χ1) is 11.2. The third-order valence-electron chi connectivity index (χ3n) is 3.89. The Morgan fingerprint density at radius 3 is 2.83 bits per heavy atom. The van der Waals surface area contributed by atoms with Crippen molar-refractivity contribution in [2.75, 3.05) is 23.7 Å². The van der Waals surface area contributed by atoms with Crippen LogP contribution in [0.15, 0.2) is 18.6 Å². The minimum Gasteiger partial charge on any atom is -0.370 e. The lowest BCUT2D eigenvalue weighted by molar-refractivity contribution is 0.532. The highest BCUT2D eigenvalue weighted by molar-refractivity contribution is 5.55. The van der Waals surface area contributed by atoms with Crippen LogP contribution in [0.1, 0.15) is 50.6 Å². The molecular formula is C16H25N7. The maximum absolute atomic E-state index is 5.57. The SMILES string of the molecule is CC(C)n1cc(Nc2ncc(C3CC3)c(NCCCN)n2)cn1. The molecule has 0 atom stereocenters. The van der Waals surface area contributed by atoms with Crippen LogP contribution in [0.2, 0.25) is 0 Å². The molecule has 2 heterocycles. The van der Waals surface area contributed by atoms with Gasteiger partial charge in [0.15, 0.2) is 0 Å². The van der Waals surface area contributed by atoms with Crippen molar-refractivity contribution in [1.29, 1.82) is 0 Å². The summed E-state index contributed by atoms with van der Waals surface area (Å²) in [5.74, 6) is 2.12. The van der Waals surface area contributed by atoms with Gasteiger partial charge in [-0.05, 0) is 45.6 Å². The second kappa shape index (κ2) is 6.95. The van der Waals surface area contributed by atoms with Crippen molar-refractivity contribution in [3.63, 3.8) is 0 Å². The highest BCUT2D eigenvalue weighted by atomic mass is 15.3. The summed E-state index contributed by atoms with van der Waals surface area (Å²) in [6.45, 7) is 5.70. The molecule has 0 unspecified atom stereocenters. The summed E-state index contributed by atoms with van der Waals surface area (Å²) >= 11 is 0. The summed E-state index contributed by atoms with van der Waals surface area (Å²) in [7, 11) is 0. The van der Waals surface area contributed by atoms with Crippen LogP contribution in [-0.4, -0.2) is 32.8 Å². The highest BCUT2D eigenvalue weighted by Gasteiger charge is 2.27. The molecule has 1 aliphatic carbocycles. The van der Waals surface area contributed by atoms with Gasteiger partial charge < -0.3 is 16.4 Å². The van der Waals surface area contributed by atoms with E-state index in [0.717, 1.165) is 24.5 Å². The van der Waals surface area contributed by atoms with Gasteiger partial charge in [-0.25, -0.2) is 4.98 Å². The van der Waals surface area contributed by atoms with Gasteiger partial charge in [-0.15, -0.1) is 0 Å². The third kappa shape index (κ3) is 3.98. The van der Waals surface area contributed by atoms with Crippen LogP contribution in [-0.2, 0) is 0 Å². The van der Waals surface area contributed by atoms with Crippen LogP contribution >= 0.6 is 0 Å². The third-order valence-corrected chi connectivity index (χ3v) is 3.89. The van der Waals surface area contributed by atoms with Crippen molar-refractivity contribution >= 4 is 17.5 Å². The van der Waals surface area contributed by atoms with E-state index < -0.39 is 0 Å². The number of hydrogen-bond donors (Lipinski definition) is 3. The lowest BCUT2D eigenvalue weighted by Crippen LogP contribution is -2.12. The minimum atomic E-state index is 0.331. The molecule has 1 fully saturated rings. The standard InChI is InChI=1S/C16H25N7/c1-11(2)23-10-13(8-20-23)21-16-19-9-14(12-4-5-12)15(22-16)18-7-3-6-17/h8-12H,3-7,17H2,1-2H3,(H2,18,19,21,22). The van der Waals surface area contributed by atoms with Crippen LogP contribution < -0.4 is 16.4 Å². The van der Waals surface area contributed by atoms with Crippen molar-refractivity contribution in [3.05, 3.63) is 24.2 Å². The number of rotatable bonds is 8. The molecule has 1 saturated carbocycles. The van der Waals surface area contributed by atoms with E-state index in [4.69, 9.17) is 5.73 Å². The number of aromatic nitrogens is 4. The van der Waals surface area contributed by atoms with Crippen molar-refractivity contribution in [1.82, 2.24) is 19.7 Å². The zero-order valence-corrected chi connectivity index (χ0v) is 13.8. The lowest BCUT2D eigenvalue weighted by Gasteiger charge is -2.12. The zero-order chi connectivity index (χ0) is 16.2. The van der Waals surface area contributed by atoms with Gasteiger partial charge in [0.1, 0.15) is 5.82 Å². The van der Waals surface area contributed by atoms with E-state index in [1.807, 2.05) is 17.1 Å². The van der Waals surface area contributed by atoms with Crippen molar-refractivity contribution < 1.29 is 0 Å². The number of nitrogens with two attached hydrogens (primary N) is 1. The molecule has 4 N–H and O–H groups in total. The fraction of sp³-hybridized carbons (Fsp3) is 0.562. The quantitative estimate of drug-likeness (QED) is 0.648. The summed E-state index contributed by atoms with van der Waals surface area (Å²) in [6, 6.07) is 0.331. The van der Waals surface area contributed by atoms with Gasteiger partial charge in [0, 0.05) is 30.5 Å². The average Bonchev–Trinajstić information content (AvgIpc) is 3.26. The second-order valence-electron chi connectivity index (χ2n) is 6.27. The van der Waals surface area contributed by atoms with Gasteiger partial charge in [0.05, 0.1) is 11.9 Å². The van der Waals surface area contributed by atoms with Crippen molar-refractivity contribution in [3.8, 4) is 0 Å². The van der Waals surface area contributed by atoms with Gasteiger partial charge in [-0.3, -0.25) is 4.68 Å². The second-order valence-corrected chi connectivity index (χ2v) is 6.27. The molecule has 3 rings (SSSR count). The maximum atomic E-state index is 5.57. The van der Waals surface area contributed by atoms with Crippen molar-refractivity contribution in [2.24, 2.45) is 5.73 Å². The van der Waals surface area contributed by atoms with Crippen LogP contribution in [0.5, 0.6) is 0 Å². The topological polar surface area (TPSA) is 93.7 Å². The van der Waals surface area contributed by atoms with Gasteiger partial charge >= 0.3 is 0 Å². The molecule has 7 heteroatoms. The first-order valence-electron chi connectivity index (χ1n) is 8.29. The Bertz CT molecular complexity index is 646. The summed E-state index contributed by atoms with van der Waals surface area (Å²) in [4.78, 5) is 9.10. The largest absolute Gasteiger partial charge is 0.370 e. The van der Waals surface area contributed by atoms with Gasteiger partial charge in [-0.2, -0.15) is 10.1 Å². The van der Waals surface area contributed by atoms with Gasteiger partial charge in [-0.1, -0.05) is 0 Å². The Morgan fingerprint density at radius 1 is 1.35 bits per heavy atom. The van der Waals surface area contributed by atoms with Gasteiger partial charge in [0.25, 0.3) is 0 Å². The zero-order valence-electron chi connectivity index (χ0n) is 13.8. The molecule has 2 aromatic heterocycles. The molecule has 124 valence electrons. The Balaban J connectivity index is 1.74. The summed E-state index contributed by atoms with van der Waals surface area (Å²) in [5, 5.41) is 10.9. The van der Waals surface area contributed by atoms with E-state index in [9.17, 15) is 0 Å². The number of hydrogen-bond acceptors (Lipinski definition) is 6. The molecule has 0 saturated heterocycles. The number of nitrogens with zero attached hydrogens (tertiary/aromatic N) is 4. The Labute approximate surface area is 136 Å². The number of anilines is 3. The van der Waals surface area contributed by atoms with E-state index in [0.29, 0.717) is 24.5 Å². The monoisotopic (exact) mass is 315 g/mol. The highest BCUT2D eigenvalue weighted by Crippen LogP contribution is 2.42. The minimum absolute atomic E-state index is 0.331. The van der Waals surface area contributed by atoms with Crippen LogP contribution in [0.3, 0.4) is 0 Å². The number of nitrogens with one attached hydrogen (secondary N) is 2.